The third-order valence-electron chi connectivity index (χ3n) is 4.40. The van der Waals surface area contributed by atoms with Gasteiger partial charge >= 0.3 is 0 Å². The van der Waals surface area contributed by atoms with E-state index in [-0.39, 0.29) is 0 Å². The second kappa shape index (κ2) is 6.29. The van der Waals surface area contributed by atoms with E-state index in [0.717, 1.165) is 28.6 Å². The Morgan fingerprint density at radius 3 is 2.50 bits per heavy atom. The van der Waals surface area contributed by atoms with Crippen LogP contribution in [-0.4, -0.2) is 17.3 Å². The highest BCUT2D eigenvalue weighted by Gasteiger charge is 2.43. The molecule has 122 valence electrons. The van der Waals surface area contributed by atoms with Gasteiger partial charge in [-0.3, -0.25) is 0 Å². The van der Waals surface area contributed by atoms with Crippen LogP contribution < -0.4 is 4.74 Å². The van der Waals surface area contributed by atoms with Crippen molar-refractivity contribution in [2.45, 2.75) is 24.7 Å². The largest absolute Gasteiger partial charge is 0.497 e. The molecule has 1 fully saturated rings. The lowest BCUT2D eigenvalue weighted by atomic mass is 10.1. The van der Waals surface area contributed by atoms with E-state index >= 15 is 0 Å². The molecule has 0 N–H and O–H groups in total. The summed E-state index contributed by atoms with van der Waals surface area (Å²) in [5.41, 5.74) is 2.40. The van der Waals surface area contributed by atoms with Crippen molar-refractivity contribution >= 4 is 11.6 Å². The quantitative estimate of drug-likeness (QED) is 0.681. The molecule has 2 aromatic carbocycles. The van der Waals surface area contributed by atoms with Crippen molar-refractivity contribution in [2.24, 2.45) is 0 Å². The number of benzene rings is 2. The molecule has 2 unspecified atom stereocenters. The molecule has 0 radical (unpaired) electrons. The van der Waals surface area contributed by atoms with Crippen molar-refractivity contribution in [1.29, 1.82) is 0 Å². The van der Waals surface area contributed by atoms with Crippen LogP contribution in [-0.2, 0) is 6.42 Å². The summed E-state index contributed by atoms with van der Waals surface area (Å²) in [6.07, 6.45) is 1.68. The number of rotatable bonds is 5. The van der Waals surface area contributed by atoms with E-state index in [0.29, 0.717) is 24.1 Å². The number of methoxy groups -OCH3 is 1. The van der Waals surface area contributed by atoms with Crippen LogP contribution in [0.1, 0.15) is 41.2 Å². The van der Waals surface area contributed by atoms with E-state index in [1.54, 1.807) is 7.11 Å². The lowest BCUT2D eigenvalue weighted by Gasteiger charge is -2.00. The molecule has 0 bridgehead atoms. The Morgan fingerprint density at radius 1 is 1.04 bits per heavy atom. The fraction of sp³-hybridized carbons (Fsp3) is 0.263. The first-order valence-electron chi connectivity index (χ1n) is 7.93. The average Bonchev–Trinajstić information content (AvgIpc) is 3.28. The van der Waals surface area contributed by atoms with Crippen LogP contribution >= 0.6 is 11.6 Å². The summed E-state index contributed by atoms with van der Waals surface area (Å²) in [5.74, 6) is 3.00. The lowest BCUT2D eigenvalue weighted by Crippen LogP contribution is -1.89. The van der Waals surface area contributed by atoms with E-state index in [9.17, 15) is 0 Å². The molecule has 1 aromatic heterocycles. The Bertz CT molecular complexity index is 827. The molecule has 3 aromatic rings. The van der Waals surface area contributed by atoms with Crippen LogP contribution in [0.25, 0.3) is 0 Å². The number of ether oxygens (including phenoxy) is 1. The molecular weight excluding hydrogens is 324 g/mol. The minimum atomic E-state index is 0.322. The van der Waals surface area contributed by atoms with Gasteiger partial charge in [0.05, 0.1) is 13.5 Å². The zero-order valence-corrected chi connectivity index (χ0v) is 14.0. The Morgan fingerprint density at radius 2 is 1.79 bits per heavy atom. The van der Waals surface area contributed by atoms with Gasteiger partial charge in [-0.25, -0.2) is 0 Å². The minimum absolute atomic E-state index is 0.322. The molecule has 1 aliphatic rings. The standard InChI is InChI=1S/C19H17ClN2O2/c1-23-15-8-2-12(3-9-15)10-18-21-22-19(24-18)17-11-16(17)13-4-6-14(20)7-5-13/h2-9,16-17H,10-11H2,1H3. The number of halogens is 1. The van der Waals surface area contributed by atoms with Crippen molar-refractivity contribution in [3.8, 4) is 5.75 Å². The monoisotopic (exact) mass is 340 g/mol. The van der Waals surface area contributed by atoms with Crippen LogP contribution in [0.3, 0.4) is 0 Å². The topological polar surface area (TPSA) is 48.2 Å². The summed E-state index contributed by atoms with van der Waals surface area (Å²) >= 11 is 5.94. The second-order valence-corrected chi connectivity index (χ2v) is 6.50. The number of hydrogen-bond acceptors (Lipinski definition) is 4. The normalized spacial score (nSPS) is 19.2. The molecule has 24 heavy (non-hydrogen) atoms. The number of hydrogen-bond donors (Lipinski definition) is 0. The maximum absolute atomic E-state index is 5.94. The minimum Gasteiger partial charge on any atom is -0.497 e. The van der Waals surface area contributed by atoms with Gasteiger partial charge in [-0.05, 0) is 47.7 Å². The highest BCUT2D eigenvalue weighted by molar-refractivity contribution is 6.30. The third-order valence-corrected chi connectivity index (χ3v) is 4.65. The molecule has 4 rings (SSSR count). The molecule has 5 heteroatoms. The van der Waals surface area contributed by atoms with Gasteiger partial charge in [0.25, 0.3) is 0 Å². The first kappa shape index (κ1) is 15.2. The first-order valence-corrected chi connectivity index (χ1v) is 8.31. The van der Waals surface area contributed by atoms with Crippen LogP contribution in [0.4, 0.5) is 0 Å². The average molecular weight is 341 g/mol. The molecule has 0 amide bonds. The van der Waals surface area contributed by atoms with Gasteiger partial charge in [0.1, 0.15) is 5.75 Å². The van der Waals surface area contributed by atoms with Gasteiger partial charge in [0, 0.05) is 10.9 Å². The Hall–Kier alpha value is -2.33. The molecule has 1 saturated carbocycles. The summed E-state index contributed by atoms with van der Waals surface area (Å²) in [4.78, 5) is 0. The summed E-state index contributed by atoms with van der Waals surface area (Å²) in [6, 6.07) is 15.9. The van der Waals surface area contributed by atoms with Crippen LogP contribution in [0.15, 0.2) is 52.9 Å². The molecule has 0 saturated heterocycles. The predicted molar refractivity (Wildman–Crippen MR) is 91.6 cm³/mol. The maximum atomic E-state index is 5.94. The SMILES string of the molecule is COc1ccc(Cc2nnc(C3CC3c3ccc(Cl)cc3)o2)cc1. The lowest BCUT2D eigenvalue weighted by molar-refractivity contribution is 0.414. The van der Waals surface area contributed by atoms with Gasteiger partial charge in [0.15, 0.2) is 0 Å². The van der Waals surface area contributed by atoms with Crippen molar-refractivity contribution in [2.75, 3.05) is 7.11 Å². The molecule has 1 heterocycles. The smallest absolute Gasteiger partial charge is 0.220 e. The summed E-state index contributed by atoms with van der Waals surface area (Å²) < 4.78 is 11.0. The van der Waals surface area contributed by atoms with Crippen LogP contribution in [0, 0.1) is 0 Å². The van der Waals surface area contributed by atoms with Crippen LogP contribution in [0.5, 0.6) is 5.75 Å². The fourth-order valence-electron chi connectivity index (χ4n) is 2.95. The number of aromatic nitrogens is 2. The summed E-state index contributed by atoms with van der Waals surface area (Å²) in [6.45, 7) is 0. The fourth-order valence-corrected chi connectivity index (χ4v) is 3.08. The Kier molecular flexibility index (Phi) is 3.98. The van der Waals surface area contributed by atoms with Gasteiger partial charge in [-0.2, -0.15) is 0 Å². The van der Waals surface area contributed by atoms with Crippen LogP contribution in [0.2, 0.25) is 5.02 Å². The van der Waals surface area contributed by atoms with Gasteiger partial charge in [-0.1, -0.05) is 35.9 Å². The highest BCUT2D eigenvalue weighted by atomic mass is 35.5. The number of nitrogens with zero attached hydrogens (tertiary/aromatic N) is 2. The molecule has 0 spiro atoms. The highest BCUT2D eigenvalue weighted by Crippen LogP contribution is 2.54. The van der Waals surface area contributed by atoms with Crippen molar-refractivity contribution in [3.63, 3.8) is 0 Å². The van der Waals surface area contributed by atoms with Crippen molar-refractivity contribution in [3.05, 3.63) is 76.5 Å². The van der Waals surface area contributed by atoms with E-state index in [2.05, 4.69) is 22.3 Å². The maximum Gasteiger partial charge on any atom is 0.220 e. The van der Waals surface area contributed by atoms with E-state index in [1.807, 2.05) is 36.4 Å². The Balaban J connectivity index is 1.42. The van der Waals surface area contributed by atoms with Gasteiger partial charge in [0.2, 0.25) is 11.8 Å². The zero-order valence-electron chi connectivity index (χ0n) is 13.3. The molecule has 0 aliphatic heterocycles. The molecule has 2 atom stereocenters. The predicted octanol–water partition coefficient (Wildman–Crippen LogP) is 4.59. The summed E-state index contributed by atoms with van der Waals surface area (Å²) in [5, 5.41) is 9.18. The van der Waals surface area contributed by atoms with E-state index in [4.69, 9.17) is 20.8 Å². The van der Waals surface area contributed by atoms with Gasteiger partial charge < -0.3 is 9.15 Å². The second-order valence-electron chi connectivity index (χ2n) is 6.06. The summed E-state index contributed by atoms with van der Waals surface area (Å²) in [7, 11) is 1.66. The zero-order chi connectivity index (χ0) is 16.5. The van der Waals surface area contributed by atoms with E-state index in [1.165, 1.54) is 5.56 Å². The van der Waals surface area contributed by atoms with E-state index < -0.39 is 0 Å². The van der Waals surface area contributed by atoms with Gasteiger partial charge in [-0.15, -0.1) is 10.2 Å². The molecular formula is C19H17ClN2O2. The molecule has 4 nitrogen and oxygen atoms in total. The third kappa shape index (κ3) is 3.15. The molecule has 1 aliphatic carbocycles. The Labute approximate surface area is 145 Å². The van der Waals surface area contributed by atoms with Crippen molar-refractivity contribution < 1.29 is 9.15 Å². The first-order chi connectivity index (χ1) is 11.7. The van der Waals surface area contributed by atoms with Crippen molar-refractivity contribution in [1.82, 2.24) is 10.2 Å².